The molecule has 4 heteroatoms. The fraction of sp³-hybridized carbons (Fsp3) is 0.217. The van der Waals surface area contributed by atoms with Crippen LogP contribution in [0.4, 0.5) is 5.69 Å². The molecule has 0 bridgehead atoms. The van der Waals surface area contributed by atoms with Gasteiger partial charge in [-0.15, -0.1) is 0 Å². The number of anilines is 1. The lowest BCUT2D eigenvalue weighted by Crippen LogP contribution is -2.13. The van der Waals surface area contributed by atoms with Crippen LogP contribution in [0.5, 0.6) is 0 Å². The van der Waals surface area contributed by atoms with Gasteiger partial charge < -0.3 is 0 Å². The topological polar surface area (TPSA) is 46.2 Å². The monoisotopic (exact) mass is 379 g/mol. The molecule has 3 nitrogen and oxygen atoms in total. The van der Waals surface area contributed by atoms with E-state index < -0.39 is 10.0 Å². The molecule has 0 amide bonds. The minimum Gasteiger partial charge on any atom is -0.279 e. The van der Waals surface area contributed by atoms with Crippen molar-refractivity contribution >= 4 is 15.7 Å². The largest absolute Gasteiger partial charge is 0.279 e. The summed E-state index contributed by atoms with van der Waals surface area (Å²) in [4.78, 5) is 0.250. The van der Waals surface area contributed by atoms with E-state index in [2.05, 4.69) is 49.8 Å². The molecule has 0 aliphatic rings. The first-order valence-corrected chi connectivity index (χ1v) is 10.4. The average molecular weight is 380 g/mol. The molecule has 0 saturated heterocycles. The van der Waals surface area contributed by atoms with Crippen molar-refractivity contribution in [1.29, 1.82) is 0 Å². The maximum atomic E-state index is 12.7. The number of sulfonamides is 1. The summed E-state index contributed by atoms with van der Waals surface area (Å²) < 4.78 is 28.2. The van der Waals surface area contributed by atoms with Crippen LogP contribution in [0.3, 0.4) is 0 Å². The Labute approximate surface area is 162 Å². The zero-order valence-corrected chi connectivity index (χ0v) is 17.0. The molecule has 0 unspecified atom stereocenters. The van der Waals surface area contributed by atoms with Crippen molar-refractivity contribution in [3.8, 4) is 11.1 Å². The molecule has 0 atom stereocenters. The fourth-order valence-corrected chi connectivity index (χ4v) is 4.04. The minimum atomic E-state index is -3.64. The predicted molar refractivity (Wildman–Crippen MR) is 113 cm³/mol. The van der Waals surface area contributed by atoms with Gasteiger partial charge in [-0.05, 0) is 47.7 Å². The molecular weight excluding hydrogens is 354 g/mol. The average Bonchev–Trinajstić information content (AvgIpc) is 2.63. The molecule has 3 aromatic rings. The van der Waals surface area contributed by atoms with Crippen LogP contribution in [-0.2, 0) is 15.4 Å². The maximum absolute atomic E-state index is 12.7. The summed E-state index contributed by atoms with van der Waals surface area (Å²) in [5, 5.41) is 0. The first kappa shape index (κ1) is 19.2. The van der Waals surface area contributed by atoms with Gasteiger partial charge >= 0.3 is 0 Å². The molecule has 140 valence electrons. The smallest absolute Gasteiger partial charge is 0.261 e. The highest BCUT2D eigenvalue weighted by molar-refractivity contribution is 7.92. The molecule has 0 aromatic heterocycles. The fourth-order valence-electron chi connectivity index (χ4n) is 2.94. The number of hydrogen-bond donors (Lipinski definition) is 1. The first-order chi connectivity index (χ1) is 12.7. The van der Waals surface area contributed by atoms with E-state index in [1.165, 1.54) is 5.56 Å². The van der Waals surface area contributed by atoms with Crippen LogP contribution in [-0.4, -0.2) is 8.42 Å². The van der Waals surface area contributed by atoms with Crippen molar-refractivity contribution < 1.29 is 8.42 Å². The van der Waals surface area contributed by atoms with Gasteiger partial charge in [-0.2, -0.15) is 0 Å². The summed E-state index contributed by atoms with van der Waals surface area (Å²) >= 11 is 0. The number of benzene rings is 3. The summed E-state index contributed by atoms with van der Waals surface area (Å²) in [7, 11) is -3.64. The Morgan fingerprint density at radius 1 is 0.815 bits per heavy atom. The summed E-state index contributed by atoms with van der Waals surface area (Å²) in [6.45, 7) is 8.53. The molecule has 0 heterocycles. The maximum Gasteiger partial charge on any atom is 0.261 e. The van der Waals surface area contributed by atoms with Gasteiger partial charge in [-0.1, -0.05) is 74.9 Å². The summed E-state index contributed by atoms with van der Waals surface area (Å²) in [6.07, 6.45) is 0. The number of aryl methyl sites for hydroxylation is 1. The van der Waals surface area contributed by atoms with Crippen LogP contribution in [0.2, 0.25) is 0 Å². The van der Waals surface area contributed by atoms with Gasteiger partial charge in [0.2, 0.25) is 0 Å². The van der Waals surface area contributed by atoms with E-state index in [1.807, 2.05) is 25.1 Å². The lowest BCUT2D eigenvalue weighted by molar-refractivity contribution is 0.590. The molecule has 0 radical (unpaired) electrons. The van der Waals surface area contributed by atoms with E-state index in [9.17, 15) is 8.42 Å². The van der Waals surface area contributed by atoms with Crippen molar-refractivity contribution in [2.45, 2.75) is 38.0 Å². The van der Waals surface area contributed by atoms with Crippen LogP contribution < -0.4 is 4.72 Å². The second-order valence-corrected chi connectivity index (χ2v) is 9.48. The highest BCUT2D eigenvalue weighted by Crippen LogP contribution is 2.32. The van der Waals surface area contributed by atoms with Gasteiger partial charge in [0, 0.05) is 5.56 Å². The molecule has 0 spiro atoms. The molecule has 0 aliphatic heterocycles. The van der Waals surface area contributed by atoms with Crippen molar-refractivity contribution in [3.63, 3.8) is 0 Å². The molecular formula is C23H25NO2S. The summed E-state index contributed by atoms with van der Waals surface area (Å²) in [5.74, 6) is 0. The molecule has 1 N–H and O–H groups in total. The Kier molecular flexibility index (Phi) is 5.11. The van der Waals surface area contributed by atoms with Gasteiger partial charge in [0.1, 0.15) is 0 Å². The zero-order chi connectivity index (χ0) is 19.7. The number of rotatable bonds is 4. The van der Waals surface area contributed by atoms with Gasteiger partial charge in [-0.3, -0.25) is 4.72 Å². The van der Waals surface area contributed by atoms with E-state index in [0.717, 1.165) is 16.7 Å². The van der Waals surface area contributed by atoms with Gasteiger partial charge in [0.05, 0.1) is 10.6 Å². The van der Waals surface area contributed by atoms with Crippen molar-refractivity contribution in [2.75, 3.05) is 4.72 Å². The minimum absolute atomic E-state index is 0.0723. The third kappa shape index (κ3) is 4.40. The van der Waals surface area contributed by atoms with E-state index >= 15 is 0 Å². The Morgan fingerprint density at radius 2 is 1.44 bits per heavy atom. The van der Waals surface area contributed by atoms with Crippen LogP contribution in [0.1, 0.15) is 31.9 Å². The SMILES string of the molecule is Cc1ccc(NS(=O)(=O)c2ccccc2)c(-c2ccc(C(C)(C)C)cc2)c1. The Morgan fingerprint density at radius 3 is 2.04 bits per heavy atom. The lowest BCUT2D eigenvalue weighted by atomic mass is 9.86. The molecule has 0 aliphatic carbocycles. The van der Waals surface area contributed by atoms with E-state index in [0.29, 0.717) is 5.69 Å². The second-order valence-electron chi connectivity index (χ2n) is 7.79. The van der Waals surface area contributed by atoms with Gasteiger partial charge in [-0.25, -0.2) is 8.42 Å². The molecule has 3 rings (SSSR count). The highest BCUT2D eigenvalue weighted by Gasteiger charge is 2.17. The second kappa shape index (κ2) is 7.20. The summed E-state index contributed by atoms with van der Waals surface area (Å²) in [6, 6.07) is 22.5. The first-order valence-electron chi connectivity index (χ1n) is 8.96. The molecule has 3 aromatic carbocycles. The Hall–Kier alpha value is -2.59. The van der Waals surface area contributed by atoms with Gasteiger partial charge in [0.15, 0.2) is 0 Å². The Balaban J connectivity index is 2.02. The lowest BCUT2D eigenvalue weighted by Gasteiger charge is -2.20. The van der Waals surface area contributed by atoms with Gasteiger partial charge in [0.25, 0.3) is 10.0 Å². The number of hydrogen-bond acceptors (Lipinski definition) is 2. The van der Waals surface area contributed by atoms with Crippen molar-refractivity contribution in [1.82, 2.24) is 0 Å². The van der Waals surface area contributed by atoms with Crippen LogP contribution in [0, 0.1) is 6.92 Å². The third-order valence-corrected chi connectivity index (χ3v) is 5.92. The molecule has 27 heavy (non-hydrogen) atoms. The van der Waals surface area contributed by atoms with E-state index in [-0.39, 0.29) is 10.3 Å². The predicted octanol–water partition coefficient (Wildman–Crippen LogP) is 5.76. The van der Waals surface area contributed by atoms with Crippen LogP contribution >= 0.6 is 0 Å². The van der Waals surface area contributed by atoms with Crippen molar-refractivity contribution in [2.24, 2.45) is 0 Å². The molecule has 0 fully saturated rings. The normalized spacial score (nSPS) is 12.0. The van der Waals surface area contributed by atoms with Crippen LogP contribution in [0.15, 0.2) is 77.7 Å². The highest BCUT2D eigenvalue weighted by atomic mass is 32.2. The van der Waals surface area contributed by atoms with Crippen molar-refractivity contribution in [3.05, 3.63) is 83.9 Å². The molecule has 0 saturated carbocycles. The van der Waals surface area contributed by atoms with Crippen LogP contribution in [0.25, 0.3) is 11.1 Å². The van der Waals surface area contributed by atoms with E-state index in [4.69, 9.17) is 0 Å². The Bertz CT molecular complexity index is 1030. The quantitative estimate of drug-likeness (QED) is 0.626. The van der Waals surface area contributed by atoms with E-state index in [1.54, 1.807) is 30.3 Å². The summed E-state index contributed by atoms with van der Waals surface area (Å²) in [5.41, 5.74) is 4.82. The zero-order valence-electron chi connectivity index (χ0n) is 16.2. The number of nitrogens with one attached hydrogen (secondary N) is 1. The third-order valence-electron chi connectivity index (χ3n) is 4.53. The standard InChI is InChI=1S/C23H25NO2S/c1-17-10-15-22(24-27(25,26)20-8-6-5-7-9-20)21(16-17)18-11-13-19(14-12-18)23(2,3)4/h5-16,24H,1-4H3.